The second-order valence-electron chi connectivity index (χ2n) is 18.8. The van der Waals surface area contributed by atoms with Crippen molar-refractivity contribution in [2.75, 3.05) is 13.2 Å². The first-order valence-corrected chi connectivity index (χ1v) is 28.2. The summed E-state index contributed by atoms with van der Waals surface area (Å²) < 4.78 is 28.2. The highest BCUT2D eigenvalue weighted by Gasteiger charge is 2.50. The Morgan fingerprint density at radius 2 is 0.904 bits per heavy atom. The largest absolute Gasteiger partial charge is 0.479 e. The summed E-state index contributed by atoms with van der Waals surface area (Å²) >= 11 is 0. The van der Waals surface area contributed by atoms with Crippen molar-refractivity contribution in [3.05, 3.63) is 97.2 Å². The van der Waals surface area contributed by atoms with E-state index in [-0.39, 0.29) is 25.9 Å². The van der Waals surface area contributed by atoms with Gasteiger partial charge in [0, 0.05) is 12.8 Å². The van der Waals surface area contributed by atoms with Crippen LogP contribution in [0.3, 0.4) is 0 Å². The first-order valence-electron chi connectivity index (χ1n) is 28.2. The number of carbonyl (C=O) groups excluding carboxylic acids is 3. The van der Waals surface area contributed by atoms with Crippen molar-refractivity contribution in [3.63, 3.8) is 0 Å². The number of hydrogen-bond acceptors (Lipinski definition) is 11. The molecule has 0 amide bonds. The number of aliphatic hydroxyl groups is 2. The fourth-order valence-corrected chi connectivity index (χ4v) is 7.92. The van der Waals surface area contributed by atoms with Gasteiger partial charge in [0.1, 0.15) is 18.8 Å². The van der Waals surface area contributed by atoms with E-state index in [2.05, 4.69) is 99.8 Å². The molecule has 0 aromatic heterocycles. The number of allylic oxidation sites excluding steroid dienone is 15. The third kappa shape index (κ3) is 38.8. The number of ether oxygens (including phenoxy) is 5. The minimum atomic E-state index is -1.92. The van der Waals surface area contributed by atoms with Crippen LogP contribution in [0.25, 0.3) is 0 Å². The molecular formula is C61H98O12. The van der Waals surface area contributed by atoms with E-state index >= 15 is 0 Å². The van der Waals surface area contributed by atoms with Crippen LogP contribution in [0.15, 0.2) is 97.2 Å². The van der Waals surface area contributed by atoms with Crippen LogP contribution in [0, 0.1) is 0 Å². The van der Waals surface area contributed by atoms with Gasteiger partial charge in [0.15, 0.2) is 24.6 Å². The fourth-order valence-electron chi connectivity index (χ4n) is 7.92. The molecule has 1 aliphatic heterocycles. The Balaban J connectivity index is 2.74. The van der Waals surface area contributed by atoms with Crippen LogP contribution in [0.4, 0.5) is 0 Å². The average molecular weight is 1020 g/mol. The molecule has 414 valence electrons. The maximum Gasteiger partial charge on any atom is 0.335 e. The number of carboxylic acids is 1. The lowest BCUT2D eigenvalue weighted by atomic mass is 9.98. The Bertz CT molecular complexity index is 1640. The number of carbonyl (C=O) groups is 4. The third-order valence-corrected chi connectivity index (χ3v) is 12.2. The molecule has 1 saturated heterocycles. The Hall–Kier alpha value is -4.36. The Kier molecular flexibility index (Phi) is 44.4. The van der Waals surface area contributed by atoms with Crippen LogP contribution in [-0.2, 0) is 42.9 Å². The first-order chi connectivity index (χ1) is 35.6. The lowest BCUT2D eigenvalue weighted by Gasteiger charge is -2.40. The monoisotopic (exact) mass is 1020 g/mol. The van der Waals surface area contributed by atoms with Gasteiger partial charge in [-0.3, -0.25) is 14.4 Å². The van der Waals surface area contributed by atoms with Crippen LogP contribution >= 0.6 is 0 Å². The summed E-state index contributed by atoms with van der Waals surface area (Å²) in [5, 5.41) is 31.4. The minimum absolute atomic E-state index is 0.0177. The summed E-state index contributed by atoms with van der Waals surface area (Å²) in [4.78, 5) is 50.9. The summed E-state index contributed by atoms with van der Waals surface area (Å²) in [6, 6.07) is 0. The molecule has 0 bridgehead atoms. The quantitative estimate of drug-likeness (QED) is 0.0228. The smallest absolute Gasteiger partial charge is 0.335 e. The summed E-state index contributed by atoms with van der Waals surface area (Å²) in [6.45, 7) is 5.65. The van der Waals surface area contributed by atoms with Gasteiger partial charge in [-0.1, -0.05) is 214 Å². The molecule has 0 radical (unpaired) electrons. The van der Waals surface area contributed by atoms with Crippen molar-refractivity contribution in [2.45, 2.75) is 250 Å². The lowest BCUT2D eigenvalue weighted by Crippen LogP contribution is -2.61. The van der Waals surface area contributed by atoms with Crippen molar-refractivity contribution in [3.8, 4) is 0 Å². The summed E-state index contributed by atoms with van der Waals surface area (Å²) in [6.07, 6.45) is 51.2. The predicted octanol–water partition coefficient (Wildman–Crippen LogP) is 14.1. The van der Waals surface area contributed by atoms with Gasteiger partial charge in [0.05, 0.1) is 13.0 Å². The molecule has 6 unspecified atom stereocenters. The minimum Gasteiger partial charge on any atom is -0.479 e. The van der Waals surface area contributed by atoms with Crippen LogP contribution < -0.4 is 0 Å². The van der Waals surface area contributed by atoms with E-state index in [1.807, 2.05) is 12.2 Å². The van der Waals surface area contributed by atoms with Crippen molar-refractivity contribution >= 4 is 23.9 Å². The number of unbranched alkanes of at least 4 members (excludes halogenated alkanes) is 17. The molecule has 73 heavy (non-hydrogen) atoms. The molecule has 12 heteroatoms. The summed E-state index contributed by atoms with van der Waals surface area (Å²) in [5.74, 6) is -3.30. The van der Waals surface area contributed by atoms with E-state index in [1.54, 1.807) is 6.08 Å². The highest BCUT2D eigenvalue weighted by molar-refractivity contribution is 5.74. The SMILES string of the molecule is CC/C=C\C/C=C\C/C=C\C/C=C\C/C=C\CC(=O)OCC(COC1OC(C(=O)O)C(O)C(O)C1OC(=O)CCCCCCCCC/C=C\C/C=C\C/C=C\CC)OC(=O)CCCCCCCCCCCCC. The molecular weight excluding hydrogens is 925 g/mol. The second-order valence-corrected chi connectivity index (χ2v) is 18.8. The van der Waals surface area contributed by atoms with E-state index in [1.165, 1.54) is 44.9 Å². The predicted molar refractivity (Wildman–Crippen MR) is 294 cm³/mol. The van der Waals surface area contributed by atoms with E-state index in [0.29, 0.717) is 19.3 Å². The zero-order valence-corrected chi connectivity index (χ0v) is 45.3. The zero-order chi connectivity index (χ0) is 53.3. The molecule has 12 nitrogen and oxygen atoms in total. The van der Waals surface area contributed by atoms with Gasteiger partial charge in [0.2, 0.25) is 0 Å². The molecule has 0 aromatic carbocycles. The summed E-state index contributed by atoms with van der Waals surface area (Å²) in [7, 11) is 0. The van der Waals surface area contributed by atoms with Gasteiger partial charge in [-0.25, -0.2) is 4.79 Å². The zero-order valence-electron chi connectivity index (χ0n) is 45.3. The van der Waals surface area contributed by atoms with Gasteiger partial charge < -0.3 is 39.0 Å². The van der Waals surface area contributed by atoms with E-state index < -0.39 is 67.3 Å². The molecule has 3 N–H and O–H groups in total. The van der Waals surface area contributed by atoms with Gasteiger partial charge in [-0.2, -0.15) is 0 Å². The number of rotatable bonds is 46. The van der Waals surface area contributed by atoms with Crippen molar-refractivity contribution in [2.24, 2.45) is 0 Å². The second kappa shape index (κ2) is 48.6. The highest BCUT2D eigenvalue weighted by Crippen LogP contribution is 2.26. The first kappa shape index (κ1) is 66.7. The van der Waals surface area contributed by atoms with E-state index in [4.69, 9.17) is 23.7 Å². The summed E-state index contributed by atoms with van der Waals surface area (Å²) in [5.41, 5.74) is 0. The number of aliphatic carboxylic acids is 1. The number of carboxylic acid groups (broad SMARTS) is 1. The maximum atomic E-state index is 13.1. The normalized spacial score (nSPS) is 19.1. The molecule has 0 aliphatic carbocycles. The molecule has 1 rings (SSSR count). The van der Waals surface area contributed by atoms with E-state index in [0.717, 1.165) is 109 Å². The van der Waals surface area contributed by atoms with Crippen molar-refractivity contribution in [1.82, 2.24) is 0 Å². The van der Waals surface area contributed by atoms with Gasteiger partial charge in [-0.05, 0) is 77.0 Å². The molecule has 0 aromatic rings. The van der Waals surface area contributed by atoms with Crippen LogP contribution in [0.2, 0.25) is 0 Å². The van der Waals surface area contributed by atoms with Crippen LogP contribution in [0.5, 0.6) is 0 Å². The van der Waals surface area contributed by atoms with Gasteiger partial charge in [0.25, 0.3) is 0 Å². The fraction of sp³-hybridized carbons (Fsp3) is 0.672. The standard InChI is InChI=1S/C61H98O12/c1-4-7-10-13-16-19-22-24-26-27-29-31-34-37-40-43-46-49-55(64)72-59-57(66)56(65)58(60(67)68)73-61(59)70-51-52(71-54(63)48-45-42-39-36-32-21-18-15-12-9-6-3)50-69-53(62)47-44-41-38-35-33-30-28-25-23-20-17-14-11-8-5-2/h7-8,10-11,16-17,19-20,24-26,28,33,35,41,44,52,56-59,61,65-66H,4-6,9,12-15,18,21-23,27,29-32,34,36-40,42-43,45-51H2,1-3H3,(H,67,68)/b10-7-,11-8-,19-16-,20-17-,26-24-,28-25-,35-33-,44-41-. The molecule has 1 aliphatic rings. The lowest BCUT2D eigenvalue weighted by molar-refractivity contribution is -0.301. The van der Waals surface area contributed by atoms with Crippen LogP contribution in [0.1, 0.15) is 213 Å². The van der Waals surface area contributed by atoms with Crippen molar-refractivity contribution < 1.29 is 58.2 Å². The average Bonchev–Trinajstić information content (AvgIpc) is 3.37. The van der Waals surface area contributed by atoms with Gasteiger partial charge in [-0.15, -0.1) is 0 Å². The molecule has 6 atom stereocenters. The Labute approximate surface area is 441 Å². The van der Waals surface area contributed by atoms with E-state index in [9.17, 15) is 34.5 Å². The number of aliphatic hydroxyl groups excluding tert-OH is 2. The third-order valence-electron chi connectivity index (χ3n) is 12.2. The molecule has 1 heterocycles. The van der Waals surface area contributed by atoms with Crippen LogP contribution in [-0.4, -0.2) is 89.2 Å². The molecule has 0 saturated carbocycles. The van der Waals surface area contributed by atoms with Gasteiger partial charge >= 0.3 is 23.9 Å². The Morgan fingerprint density at radius 1 is 0.479 bits per heavy atom. The topological polar surface area (TPSA) is 175 Å². The maximum absolute atomic E-state index is 13.1. The molecule has 0 spiro atoms. The number of hydrogen-bond donors (Lipinski definition) is 3. The van der Waals surface area contributed by atoms with Crippen molar-refractivity contribution in [1.29, 1.82) is 0 Å². The molecule has 1 fully saturated rings. The Morgan fingerprint density at radius 3 is 1.38 bits per heavy atom. The highest BCUT2D eigenvalue weighted by atomic mass is 16.7. The number of esters is 3.